The number of alkyl halides is 3. The number of hydrogen-bond acceptors (Lipinski definition) is 7. The predicted molar refractivity (Wildman–Crippen MR) is 118 cm³/mol. The van der Waals surface area contributed by atoms with Crippen molar-refractivity contribution >= 4 is 22.9 Å². The van der Waals surface area contributed by atoms with Gasteiger partial charge in [0, 0.05) is 12.4 Å². The summed E-state index contributed by atoms with van der Waals surface area (Å²) in [5.41, 5.74) is -0.194. The smallest absolute Gasteiger partial charge is 0.393 e. The summed E-state index contributed by atoms with van der Waals surface area (Å²) in [7, 11) is 0. The van der Waals surface area contributed by atoms with E-state index in [9.17, 15) is 23.4 Å². The van der Waals surface area contributed by atoms with E-state index in [1.165, 1.54) is 11.3 Å². The van der Waals surface area contributed by atoms with Gasteiger partial charge in [0.15, 0.2) is 0 Å². The zero-order chi connectivity index (χ0) is 23.5. The monoisotopic (exact) mass is 468 g/mol. The van der Waals surface area contributed by atoms with Gasteiger partial charge in [0.05, 0.1) is 17.0 Å². The summed E-state index contributed by atoms with van der Waals surface area (Å²) < 4.78 is 38.8. The lowest BCUT2D eigenvalue weighted by molar-refractivity contribution is -0.141. The van der Waals surface area contributed by atoms with Gasteiger partial charge in [0.25, 0.3) is 0 Å². The van der Waals surface area contributed by atoms with Gasteiger partial charge < -0.3 is 15.5 Å². The van der Waals surface area contributed by atoms with Gasteiger partial charge in [-0.3, -0.25) is 0 Å². The lowest BCUT2D eigenvalue weighted by Crippen LogP contribution is -2.25. The first-order chi connectivity index (χ1) is 15.0. The molecule has 1 unspecified atom stereocenters. The van der Waals surface area contributed by atoms with Gasteiger partial charge in [-0.15, -0.1) is 11.3 Å². The van der Waals surface area contributed by atoms with Crippen molar-refractivity contribution in [2.24, 2.45) is 0 Å². The average molecular weight is 469 g/mol. The summed E-state index contributed by atoms with van der Waals surface area (Å²) in [5.74, 6) is -0.0846. The van der Waals surface area contributed by atoms with Crippen molar-refractivity contribution in [3.05, 3.63) is 51.8 Å². The molecule has 2 aromatic heterocycles. The van der Waals surface area contributed by atoms with Crippen molar-refractivity contribution < 1.29 is 23.4 Å². The molecule has 32 heavy (non-hydrogen) atoms. The third-order valence-corrected chi connectivity index (χ3v) is 6.57. The molecule has 0 aliphatic heterocycles. The highest BCUT2D eigenvalue weighted by atomic mass is 32.1. The highest BCUT2D eigenvalue weighted by Gasteiger charge is 2.33. The molecule has 0 aromatic carbocycles. The second kappa shape index (κ2) is 9.68. The fraction of sp³-hybridized carbons (Fsp3) is 0.500. The van der Waals surface area contributed by atoms with Gasteiger partial charge in [-0.25, -0.2) is 15.0 Å². The molecule has 1 aliphatic carbocycles. The van der Waals surface area contributed by atoms with Crippen LogP contribution in [0.1, 0.15) is 62.0 Å². The molecule has 0 spiro atoms. The van der Waals surface area contributed by atoms with Crippen LogP contribution in [0.2, 0.25) is 0 Å². The lowest BCUT2D eigenvalue weighted by atomic mass is 9.94. The maximum Gasteiger partial charge on any atom is 0.433 e. The summed E-state index contributed by atoms with van der Waals surface area (Å²) >= 11 is 1.38. The van der Waals surface area contributed by atoms with E-state index in [2.05, 4.69) is 20.3 Å². The van der Waals surface area contributed by atoms with Crippen LogP contribution >= 0.6 is 11.3 Å². The summed E-state index contributed by atoms with van der Waals surface area (Å²) in [6.45, 7) is 5.51. The third-order valence-electron chi connectivity index (χ3n) is 5.33. The topological polar surface area (TPSA) is 91.2 Å². The number of aliphatic hydroxyl groups excluding tert-OH is 1. The van der Waals surface area contributed by atoms with Gasteiger partial charge in [-0.05, 0) is 51.2 Å². The van der Waals surface area contributed by atoms with Crippen molar-refractivity contribution in [2.45, 2.75) is 70.4 Å². The summed E-state index contributed by atoms with van der Waals surface area (Å²) in [6.07, 6.45) is 3.58. The quantitative estimate of drug-likeness (QED) is 0.509. The zero-order valence-electron chi connectivity index (χ0n) is 18.1. The molecule has 6 nitrogen and oxygen atoms in total. The molecular formula is C22H27F3N4O2S. The van der Waals surface area contributed by atoms with Crippen LogP contribution in [0.5, 0.6) is 0 Å². The van der Waals surface area contributed by atoms with E-state index < -0.39 is 23.6 Å². The van der Waals surface area contributed by atoms with Crippen LogP contribution in [0.4, 0.5) is 19.1 Å². The fourth-order valence-electron chi connectivity index (χ4n) is 3.50. The molecule has 0 bridgehead atoms. The van der Waals surface area contributed by atoms with E-state index in [-0.39, 0.29) is 12.0 Å². The molecule has 174 valence electrons. The number of nitrogens with one attached hydrogen (secondary N) is 1. The molecule has 3 rings (SSSR count). The maximum atomic E-state index is 12.9. The Morgan fingerprint density at radius 2 is 2.06 bits per heavy atom. The number of anilines is 1. The SMILES string of the molecule is CC[C@@](O)(CC[C@@H](C)O)c1ncc(C2=CC(Nc3nccc(C(F)(F)F)n3)CC(C)=C2)s1. The highest BCUT2D eigenvalue weighted by Crippen LogP contribution is 2.37. The van der Waals surface area contributed by atoms with Crippen LogP contribution in [-0.4, -0.2) is 37.3 Å². The van der Waals surface area contributed by atoms with Crippen molar-refractivity contribution in [3.63, 3.8) is 0 Å². The Morgan fingerprint density at radius 3 is 2.72 bits per heavy atom. The van der Waals surface area contributed by atoms with Crippen molar-refractivity contribution in [1.82, 2.24) is 15.0 Å². The largest absolute Gasteiger partial charge is 0.433 e. The highest BCUT2D eigenvalue weighted by molar-refractivity contribution is 7.12. The second-order valence-corrected chi connectivity index (χ2v) is 9.16. The number of allylic oxidation sites excluding steroid dienone is 2. The Morgan fingerprint density at radius 1 is 1.31 bits per heavy atom. The summed E-state index contributed by atoms with van der Waals surface area (Å²) in [6, 6.07) is 0.549. The number of rotatable bonds is 8. The first kappa shape index (κ1) is 24.3. The Hall–Kier alpha value is -2.30. The fourth-order valence-corrected chi connectivity index (χ4v) is 4.60. The van der Waals surface area contributed by atoms with Crippen LogP contribution < -0.4 is 5.32 Å². The minimum atomic E-state index is -4.54. The number of hydrogen-bond donors (Lipinski definition) is 3. The minimum absolute atomic E-state index is 0.0846. The van der Waals surface area contributed by atoms with Gasteiger partial charge in [0.1, 0.15) is 16.3 Å². The molecule has 0 fully saturated rings. The average Bonchev–Trinajstić information content (AvgIpc) is 3.22. The Kier molecular flexibility index (Phi) is 7.36. The van der Waals surface area contributed by atoms with E-state index in [0.29, 0.717) is 30.7 Å². The zero-order valence-corrected chi connectivity index (χ0v) is 19.0. The second-order valence-electron chi connectivity index (χ2n) is 8.13. The number of nitrogens with zero attached hydrogens (tertiary/aromatic N) is 3. The standard InChI is InChI=1S/C22H27F3N4O2S/c1-4-21(31,7-5-14(3)30)19-27-12-17(32-19)15-9-13(2)10-16(11-15)28-20-26-8-6-18(29-20)22(23,24)25/h6,8-9,11-12,14,16,30-31H,4-5,7,10H2,1-3H3,(H,26,28,29)/t14-,16?,21-/m1/s1. The number of aromatic nitrogens is 3. The van der Waals surface area contributed by atoms with Crippen LogP contribution in [0, 0.1) is 0 Å². The van der Waals surface area contributed by atoms with Crippen LogP contribution in [0.25, 0.3) is 5.57 Å². The molecule has 2 aromatic rings. The third kappa shape index (κ3) is 5.93. The molecular weight excluding hydrogens is 441 g/mol. The molecule has 0 saturated carbocycles. The summed E-state index contributed by atoms with van der Waals surface area (Å²) in [5, 5.41) is 24.2. The predicted octanol–water partition coefficient (Wildman–Crippen LogP) is 4.92. The van der Waals surface area contributed by atoms with E-state index in [1.807, 2.05) is 26.0 Å². The molecule has 10 heteroatoms. The molecule has 0 saturated heterocycles. The number of halogens is 3. The van der Waals surface area contributed by atoms with Crippen LogP contribution in [0.3, 0.4) is 0 Å². The Bertz CT molecular complexity index is 1000. The number of aliphatic hydroxyl groups is 2. The van der Waals surface area contributed by atoms with Gasteiger partial charge in [-0.1, -0.05) is 24.6 Å². The minimum Gasteiger partial charge on any atom is -0.393 e. The maximum absolute atomic E-state index is 12.9. The van der Waals surface area contributed by atoms with Crippen LogP contribution in [0.15, 0.2) is 36.2 Å². The molecule has 0 amide bonds. The summed E-state index contributed by atoms with van der Waals surface area (Å²) in [4.78, 5) is 12.8. The lowest BCUT2D eigenvalue weighted by Gasteiger charge is -2.25. The van der Waals surface area contributed by atoms with Crippen LogP contribution in [-0.2, 0) is 11.8 Å². The van der Waals surface area contributed by atoms with Gasteiger partial charge in [-0.2, -0.15) is 13.2 Å². The van der Waals surface area contributed by atoms with Crippen molar-refractivity contribution in [2.75, 3.05) is 5.32 Å². The molecule has 3 N–H and O–H groups in total. The molecule has 3 atom stereocenters. The number of thiazole rings is 1. The first-order valence-electron chi connectivity index (χ1n) is 10.4. The molecule has 0 radical (unpaired) electrons. The molecule has 1 aliphatic rings. The van der Waals surface area contributed by atoms with Crippen molar-refractivity contribution in [3.8, 4) is 0 Å². The Labute approximate surface area is 189 Å². The first-order valence-corrected chi connectivity index (χ1v) is 11.2. The van der Waals surface area contributed by atoms with E-state index in [4.69, 9.17) is 0 Å². The van der Waals surface area contributed by atoms with Gasteiger partial charge in [0.2, 0.25) is 5.95 Å². The van der Waals surface area contributed by atoms with E-state index in [0.717, 1.165) is 28.3 Å². The van der Waals surface area contributed by atoms with Gasteiger partial charge >= 0.3 is 6.18 Å². The normalized spacial score (nSPS) is 19.7. The molecule has 2 heterocycles. The van der Waals surface area contributed by atoms with E-state index >= 15 is 0 Å². The Balaban J connectivity index is 1.81. The van der Waals surface area contributed by atoms with Crippen molar-refractivity contribution in [1.29, 1.82) is 0 Å². The van der Waals surface area contributed by atoms with E-state index in [1.54, 1.807) is 13.1 Å².